The first kappa shape index (κ1) is 13.6. The van der Waals surface area contributed by atoms with Gasteiger partial charge >= 0.3 is 0 Å². The molecular weight excluding hydrogens is 264 g/mol. The largest absolute Gasteiger partial charge is 0.484 e. The monoisotopic (exact) mass is 276 g/mol. The summed E-state index contributed by atoms with van der Waals surface area (Å²) >= 11 is 0. The molecule has 0 spiro atoms. The lowest BCUT2D eigenvalue weighted by Gasteiger charge is -2.06. The van der Waals surface area contributed by atoms with Crippen LogP contribution in [0.1, 0.15) is 5.76 Å². The molecule has 0 fully saturated rings. The van der Waals surface area contributed by atoms with Gasteiger partial charge < -0.3 is 14.5 Å². The highest BCUT2D eigenvalue weighted by atomic mass is 16.6. The minimum atomic E-state index is -0.500. The van der Waals surface area contributed by atoms with Crippen LogP contribution >= 0.6 is 0 Å². The van der Waals surface area contributed by atoms with Crippen LogP contribution in [0.25, 0.3) is 0 Å². The van der Waals surface area contributed by atoms with Crippen molar-refractivity contribution in [1.82, 2.24) is 5.32 Å². The average molecular weight is 276 g/mol. The first-order chi connectivity index (χ1) is 9.65. The molecule has 1 aromatic carbocycles. The lowest BCUT2D eigenvalue weighted by Crippen LogP contribution is -2.28. The number of nitro benzene ring substituents is 1. The van der Waals surface area contributed by atoms with Crippen molar-refractivity contribution in [3.8, 4) is 5.75 Å². The number of carbonyl (C=O) groups is 1. The van der Waals surface area contributed by atoms with Crippen LogP contribution in [0.3, 0.4) is 0 Å². The first-order valence-electron chi connectivity index (χ1n) is 5.81. The normalized spacial score (nSPS) is 10.0. The van der Waals surface area contributed by atoms with Crippen LogP contribution in [-0.2, 0) is 11.3 Å². The van der Waals surface area contributed by atoms with Gasteiger partial charge in [0.2, 0.25) is 0 Å². The highest BCUT2D eigenvalue weighted by Crippen LogP contribution is 2.17. The van der Waals surface area contributed by atoms with Crippen LogP contribution in [0.15, 0.2) is 47.1 Å². The number of amides is 1. The van der Waals surface area contributed by atoms with Gasteiger partial charge in [0.05, 0.1) is 17.7 Å². The zero-order valence-corrected chi connectivity index (χ0v) is 10.4. The molecule has 2 rings (SSSR count). The lowest BCUT2D eigenvalue weighted by molar-refractivity contribution is -0.384. The van der Waals surface area contributed by atoms with E-state index in [0.29, 0.717) is 11.5 Å². The number of nitrogens with zero attached hydrogens (tertiary/aromatic N) is 1. The van der Waals surface area contributed by atoms with Crippen molar-refractivity contribution in [1.29, 1.82) is 0 Å². The van der Waals surface area contributed by atoms with Gasteiger partial charge in [0.1, 0.15) is 11.5 Å². The molecule has 1 aromatic heterocycles. The van der Waals surface area contributed by atoms with Gasteiger partial charge in [-0.2, -0.15) is 0 Å². The second-order valence-electron chi connectivity index (χ2n) is 3.90. The van der Waals surface area contributed by atoms with Crippen LogP contribution < -0.4 is 10.1 Å². The molecule has 7 nitrogen and oxygen atoms in total. The molecule has 0 radical (unpaired) electrons. The van der Waals surface area contributed by atoms with E-state index < -0.39 is 4.92 Å². The number of ether oxygens (including phenoxy) is 1. The summed E-state index contributed by atoms with van der Waals surface area (Å²) in [6, 6.07) is 8.99. The number of nitrogens with one attached hydrogen (secondary N) is 1. The fourth-order valence-corrected chi connectivity index (χ4v) is 1.46. The SMILES string of the molecule is O=C(COc1ccc([N+](=O)[O-])cc1)NCc1ccco1. The van der Waals surface area contributed by atoms with Gasteiger partial charge in [0.15, 0.2) is 6.61 Å². The summed E-state index contributed by atoms with van der Waals surface area (Å²) in [5.74, 6) is 0.734. The molecule has 1 N–H and O–H groups in total. The van der Waals surface area contributed by atoms with Crippen molar-refractivity contribution in [2.24, 2.45) is 0 Å². The standard InChI is InChI=1S/C13H12N2O5/c16-13(14-8-12-2-1-7-19-12)9-20-11-5-3-10(4-6-11)15(17)18/h1-7H,8-9H2,(H,14,16). The van der Waals surface area contributed by atoms with E-state index in [1.165, 1.54) is 30.5 Å². The van der Waals surface area contributed by atoms with Crippen LogP contribution in [0, 0.1) is 10.1 Å². The van der Waals surface area contributed by atoms with Crippen molar-refractivity contribution in [2.45, 2.75) is 6.54 Å². The van der Waals surface area contributed by atoms with E-state index in [-0.39, 0.29) is 24.7 Å². The molecule has 0 saturated carbocycles. The topological polar surface area (TPSA) is 94.6 Å². The Morgan fingerprint density at radius 3 is 2.65 bits per heavy atom. The maximum Gasteiger partial charge on any atom is 0.269 e. The Morgan fingerprint density at radius 2 is 2.05 bits per heavy atom. The van der Waals surface area contributed by atoms with Crippen LogP contribution in [0.5, 0.6) is 5.75 Å². The van der Waals surface area contributed by atoms with Gasteiger partial charge in [-0.25, -0.2) is 0 Å². The van der Waals surface area contributed by atoms with Gasteiger partial charge in [-0.1, -0.05) is 0 Å². The summed E-state index contributed by atoms with van der Waals surface area (Å²) in [6.45, 7) is 0.119. The number of furan rings is 1. The van der Waals surface area contributed by atoms with Crippen LogP contribution in [0.4, 0.5) is 5.69 Å². The summed E-state index contributed by atoms with van der Waals surface area (Å²) in [6.07, 6.45) is 1.52. The number of nitro groups is 1. The molecule has 0 atom stereocenters. The Bertz CT molecular complexity index is 577. The average Bonchev–Trinajstić information content (AvgIpc) is 2.96. The second kappa shape index (κ2) is 6.37. The summed E-state index contributed by atoms with van der Waals surface area (Å²) in [7, 11) is 0. The summed E-state index contributed by atoms with van der Waals surface area (Å²) in [4.78, 5) is 21.5. The minimum absolute atomic E-state index is 0.0281. The Labute approximate surface area is 114 Å². The van der Waals surface area contributed by atoms with E-state index in [1.807, 2.05) is 0 Å². The highest BCUT2D eigenvalue weighted by molar-refractivity contribution is 5.77. The number of rotatable bonds is 6. The first-order valence-corrected chi connectivity index (χ1v) is 5.81. The third-order valence-electron chi connectivity index (χ3n) is 2.46. The number of hydrogen-bond donors (Lipinski definition) is 1. The summed E-state index contributed by atoms with van der Waals surface area (Å²) in [5.41, 5.74) is -0.0281. The quantitative estimate of drug-likeness (QED) is 0.642. The van der Waals surface area contributed by atoms with Crippen LogP contribution in [0.2, 0.25) is 0 Å². The van der Waals surface area contributed by atoms with Crippen molar-refractivity contribution >= 4 is 11.6 Å². The number of benzene rings is 1. The van der Waals surface area contributed by atoms with E-state index in [4.69, 9.17) is 9.15 Å². The number of carbonyl (C=O) groups excluding carboxylic acids is 1. The van der Waals surface area contributed by atoms with Gasteiger partial charge in [-0.15, -0.1) is 0 Å². The van der Waals surface area contributed by atoms with Crippen molar-refractivity contribution < 1.29 is 18.9 Å². The zero-order valence-electron chi connectivity index (χ0n) is 10.4. The molecule has 0 aliphatic heterocycles. The number of hydrogen-bond acceptors (Lipinski definition) is 5. The maximum absolute atomic E-state index is 11.5. The third kappa shape index (κ3) is 3.84. The molecule has 0 unspecified atom stereocenters. The van der Waals surface area contributed by atoms with Crippen LogP contribution in [-0.4, -0.2) is 17.4 Å². The van der Waals surface area contributed by atoms with E-state index in [2.05, 4.69) is 5.32 Å². The van der Waals surface area contributed by atoms with E-state index in [1.54, 1.807) is 12.1 Å². The third-order valence-corrected chi connectivity index (χ3v) is 2.46. The van der Waals surface area contributed by atoms with Crippen molar-refractivity contribution in [3.63, 3.8) is 0 Å². The maximum atomic E-state index is 11.5. The molecule has 2 aromatic rings. The fourth-order valence-electron chi connectivity index (χ4n) is 1.46. The van der Waals surface area contributed by atoms with Gasteiger partial charge in [0.25, 0.3) is 11.6 Å². The zero-order chi connectivity index (χ0) is 14.4. The Morgan fingerprint density at radius 1 is 1.30 bits per heavy atom. The molecular formula is C13H12N2O5. The molecule has 1 heterocycles. The van der Waals surface area contributed by atoms with E-state index >= 15 is 0 Å². The van der Waals surface area contributed by atoms with Crippen molar-refractivity contribution in [2.75, 3.05) is 6.61 Å². The van der Waals surface area contributed by atoms with E-state index in [9.17, 15) is 14.9 Å². The van der Waals surface area contributed by atoms with Gasteiger partial charge in [-0.3, -0.25) is 14.9 Å². The predicted molar refractivity (Wildman–Crippen MR) is 69.1 cm³/mol. The Kier molecular flexibility index (Phi) is 4.33. The molecule has 1 amide bonds. The summed E-state index contributed by atoms with van der Waals surface area (Å²) < 4.78 is 10.3. The molecule has 7 heteroatoms. The molecule has 20 heavy (non-hydrogen) atoms. The van der Waals surface area contributed by atoms with E-state index in [0.717, 1.165) is 0 Å². The molecule has 0 saturated heterocycles. The smallest absolute Gasteiger partial charge is 0.269 e. The Hall–Kier alpha value is -2.83. The Balaban J connectivity index is 1.76. The second-order valence-corrected chi connectivity index (χ2v) is 3.90. The molecule has 104 valence electrons. The molecule has 0 aliphatic carbocycles. The highest BCUT2D eigenvalue weighted by Gasteiger charge is 2.06. The minimum Gasteiger partial charge on any atom is -0.484 e. The molecule has 0 bridgehead atoms. The van der Waals surface area contributed by atoms with Gasteiger partial charge in [-0.05, 0) is 24.3 Å². The summed E-state index contributed by atoms with van der Waals surface area (Å²) in [5, 5.41) is 13.1. The van der Waals surface area contributed by atoms with Crippen molar-refractivity contribution in [3.05, 3.63) is 58.5 Å². The number of non-ortho nitro benzene ring substituents is 1. The van der Waals surface area contributed by atoms with Gasteiger partial charge in [0, 0.05) is 12.1 Å². The fraction of sp³-hybridized carbons (Fsp3) is 0.154. The molecule has 0 aliphatic rings. The predicted octanol–water partition coefficient (Wildman–Crippen LogP) is 1.88. The lowest BCUT2D eigenvalue weighted by atomic mass is 10.3.